The summed E-state index contributed by atoms with van der Waals surface area (Å²) in [5, 5.41) is 17.3. The molecule has 0 atom stereocenters. The minimum Gasteiger partial charge on any atom is -0.508 e. The van der Waals surface area contributed by atoms with Crippen molar-refractivity contribution in [3.63, 3.8) is 0 Å². The Morgan fingerprint density at radius 3 is 2.50 bits per heavy atom. The van der Waals surface area contributed by atoms with Crippen LogP contribution in [0.4, 0.5) is 5.69 Å². The number of nitrogens with zero attached hydrogens (tertiary/aromatic N) is 2. The summed E-state index contributed by atoms with van der Waals surface area (Å²) < 4.78 is 0. The monoisotopic (exact) mass is 268 g/mol. The SMILES string of the molecule is Cc1cc(N=NC(=O)Cc2ccccc2)c(C)cc1O. The zero-order chi connectivity index (χ0) is 14.5. The molecular weight excluding hydrogens is 252 g/mol. The van der Waals surface area contributed by atoms with E-state index in [-0.39, 0.29) is 18.1 Å². The Labute approximate surface area is 117 Å². The highest BCUT2D eigenvalue weighted by Crippen LogP contribution is 2.27. The Morgan fingerprint density at radius 1 is 1.10 bits per heavy atom. The van der Waals surface area contributed by atoms with Crippen LogP contribution in [0, 0.1) is 13.8 Å². The summed E-state index contributed by atoms with van der Waals surface area (Å²) in [4.78, 5) is 11.7. The third kappa shape index (κ3) is 3.51. The molecule has 102 valence electrons. The van der Waals surface area contributed by atoms with Crippen molar-refractivity contribution in [3.8, 4) is 5.75 Å². The second-order valence-electron chi connectivity index (χ2n) is 4.68. The average Bonchev–Trinajstić information content (AvgIpc) is 2.42. The molecule has 4 heteroatoms. The van der Waals surface area contributed by atoms with Crippen molar-refractivity contribution in [1.29, 1.82) is 0 Å². The maximum Gasteiger partial charge on any atom is 0.269 e. The summed E-state index contributed by atoms with van der Waals surface area (Å²) in [5.74, 6) is -0.0709. The molecule has 2 aromatic carbocycles. The van der Waals surface area contributed by atoms with Crippen molar-refractivity contribution in [3.05, 3.63) is 59.2 Å². The van der Waals surface area contributed by atoms with Crippen LogP contribution in [0.2, 0.25) is 0 Å². The number of aromatic hydroxyl groups is 1. The predicted octanol–water partition coefficient (Wildman–Crippen LogP) is 3.86. The van der Waals surface area contributed by atoms with E-state index in [0.29, 0.717) is 11.3 Å². The van der Waals surface area contributed by atoms with Crippen LogP contribution in [0.15, 0.2) is 52.7 Å². The quantitative estimate of drug-likeness (QED) is 0.859. The van der Waals surface area contributed by atoms with Gasteiger partial charge in [0.05, 0.1) is 12.1 Å². The molecule has 1 amide bonds. The number of carbonyl (C=O) groups is 1. The molecule has 0 fully saturated rings. The fraction of sp³-hybridized carbons (Fsp3) is 0.188. The van der Waals surface area contributed by atoms with E-state index in [4.69, 9.17) is 0 Å². The smallest absolute Gasteiger partial charge is 0.269 e. The third-order valence-electron chi connectivity index (χ3n) is 2.98. The number of phenols is 1. The molecule has 0 unspecified atom stereocenters. The van der Waals surface area contributed by atoms with Gasteiger partial charge in [-0.2, -0.15) is 0 Å². The van der Waals surface area contributed by atoms with Crippen LogP contribution in [-0.4, -0.2) is 11.0 Å². The van der Waals surface area contributed by atoms with Gasteiger partial charge in [-0.15, -0.1) is 10.2 Å². The van der Waals surface area contributed by atoms with Gasteiger partial charge in [-0.1, -0.05) is 30.3 Å². The Bertz CT molecular complexity index is 649. The maximum atomic E-state index is 11.7. The summed E-state index contributed by atoms with van der Waals surface area (Å²) in [5.41, 5.74) is 3.00. The molecule has 0 heterocycles. The van der Waals surface area contributed by atoms with Crippen molar-refractivity contribution in [2.24, 2.45) is 10.2 Å². The number of carbonyl (C=O) groups excluding carboxylic acids is 1. The van der Waals surface area contributed by atoms with Crippen LogP contribution in [0.25, 0.3) is 0 Å². The standard InChI is InChI=1S/C16H16N2O2/c1-11-9-15(19)12(2)8-14(11)17-18-16(20)10-13-6-4-3-5-7-13/h3-9,19H,10H2,1-2H3. The van der Waals surface area contributed by atoms with E-state index in [9.17, 15) is 9.90 Å². The summed E-state index contributed by atoms with van der Waals surface area (Å²) in [6, 6.07) is 12.8. The van der Waals surface area contributed by atoms with Crippen LogP contribution in [0.1, 0.15) is 16.7 Å². The second-order valence-corrected chi connectivity index (χ2v) is 4.68. The molecule has 0 radical (unpaired) electrons. The zero-order valence-corrected chi connectivity index (χ0v) is 11.5. The van der Waals surface area contributed by atoms with E-state index in [0.717, 1.165) is 11.1 Å². The van der Waals surface area contributed by atoms with Crippen LogP contribution in [0.3, 0.4) is 0 Å². The Kier molecular flexibility index (Phi) is 4.25. The number of hydrogen-bond acceptors (Lipinski definition) is 3. The molecule has 2 rings (SSSR count). The summed E-state index contributed by atoms with van der Waals surface area (Å²) in [7, 11) is 0. The van der Waals surface area contributed by atoms with Crippen LogP contribution < -0.4 is 0 Å². The Morgan fingerprint density at radius 2 is 1.80 bits per heavy atom. The average molecular weight is 268 g/mol. The molecule has 0 spiro atoms. The van der Waals surface area contributed by atoms with Crippen LogP contribution >= 0.6 is 0 Å². The first-order chi connectivity index (χ1) is 9.56. The lowest BCUT2D eigenvalue weighted by molar-refractivity contribution is -0.117. The van der Waals surface area contributed by atoms with Crippen molar-refractivity contribution >= 4 is 11.6 Å². The molecule has 2 aromatic rings. The fourth-order valence-electron chi connectivity index (χ4n) is 1.81. The van der Waals surface area contributed by atoms with Crippen molar-refractivity contribution in [1.82, 2.24) is 0 Å². The van der Waals surface area contributed by atoms with Crippen molar-refractivity contribution < 1.29 is 9.90 Å². The van der Waals surface area contributed by atoms with E-state index in [2.05, 4.69) is 10.2 Å². The predicted molar refractivity (Wildman–Crippen MR) is 77.2 cm³/mol. The van der Waals surface area contributed by atoms with Gasteiger partial charge in [0, 0.05) is 0 Å². The van der Waals surface area contributed by atoms with Gasteiger partial charge in [-0.3, -0.25) is 4.79 Å². The lowest BCUT2D eigenvalue weighted by atomic mass is 10.1. The third-order valence-corrected chi connectivity index (χ3v) is 2.98. The topological polar surface area (TPSA) is 62.0 Å². The molecule has 0 aliphatic heterocycles. The van der Waals surface area contributed by atoms with Gasteiger partial charge in [0.15, 0.2) is 0 Å². The molecular formula is C16H16N2O2. The Balaban J connectivity index is 2.10. The number of amides is 1. The van der Waals surface area contributed by atoms with Gasteiger partial charge in [0.1, 0.15) is 5.75 Å². The van der Waals surface area contributed by atoms with Crippen molar-refractivity contribution in [2.45, 2.75) is 20.3 Å². The number of rotatable bonds is 3. The summed E-state index contributed by atoms with van der Waals surface area (Å²) in [6.45, 7) is 3.59. The molecule has 0 saturated carbocycles. The first kappa shape index (κ1) is 13.9. The molecule has 0 aliphatic carbocycles. The number of phenolic OH excluding ortho intramolecular Hbond substituents is 1. The summed E-state index contributed by atoms with van der Waals surface area (Å²) in [6.07, 6.45) is 0.237. The van der Waals surface area contributed by atoms with Gasteiger partial charge in [0.25, 0.3) is 5.91 Å². The molecule has 20 heavy (non-hydrogen) atoms. The molecule has 0 aliphatic rings. The van der Waals surface area contributed by atoms with Gasteiger partial charge in [-0.05, 0) is 42.7 Å². The van der Waals surface area contributed by atoms with Crippen molar-refractivity contribution in [2.75, 3.05) is 0 Å². The second kappa shape index (κ2) is 6.10. The van der Waals surface area contributed by atoms with E-state index in [1.54, 1.807) is 19.1 Å². The highest BCUT2D eigenvalue weighted by molar-refractivity contribution is 5.79. The number of hydrogen-bond donors (Lipinski definition) is 1. The van der Waals surface area contributed by atoms with E-state index >= 15 is 0 Å². The first-order valence-electron chi connectivity index (χ1n) is 6.35. The molecule has 4 nitrogen and oxygen atoms in total. The zero-order valence-electron chi connectivity index (χ0n) is 11.5. The van der Waals surface area contributed by atoms with E-state index in [1.807, 2.05) is 37.3 Å². The largest absolute Gasteiger partial charge is 0.508 e. The van der Waals surface area contributed by atoms with Gasteiger partial charge in [0.2, 0.25) is 0 Å². The molecule has 0 saturated heterocycles. The van der Waals surface area contributed by atoms with E-state index < -0.39 is 0 Å². The Hall–Kier alpha value is -2.49. The minimum absolute atomic E-state index is 0.220. The van der Waals surface area contributed by atoms with Crippen LogP contribution in [0.5, 0.6) is 5.75 Å². The minimum atomic E-state index is -0.290. The fourth-order valence-corrected chi connectivity index (χ4v) is 1.81. The maximum absolute atomic E-state index is 11.7. The number of benzene rings is 2. The number of azo groups is 1. The van der Waals surface area contributed by atoms with Gasteiger partial charge in [-0.25, -0.2) is 0 Å². The first-order valence-corrected chi connectivity index (χ1v) is 6.35. The van der Waals surface area contributed by atoms with Gasteiger partial charge >= 0.3 is 0 Å². The molecule has 0 aromatic heterocycles. The molecule has 0 bridgehead atoms. The lowest BCUT2D eigenvalue weighted by Gasteiger charge is -2.03. The highest BCUT2D eigenvalue weighted by Gasteiger charge is 2.05. The molecule has 1 N–H and O–H groups in total. The van der Waals surface area contributed by atoms with E-state index in [1.165, 1.54) is 0 Å². The lowest BCUT2D eigenvalue weighted by Crippen LogP contribution is -1.97. The van der Waals surface area contributed by atoms with Gasteiger partial charge < -0.3 is 5.11 Å². The highest BCUT2D eigenvalue weighted by atomic mass is 16.3. The number of aryl methyl sites for hydroxylation is 2. The normalized spacial score (nSPS) is 10.9. The summed E-state index contributed by atoms with van der Waals surface area (Å²) >= 11 is 0. The van der Waals surface area contributed by atoms with Crippen LogP contribution in [-0.2, 0) is 11.2 Å².